The van der Waals surface area contributed by atoms with E-state index in [4.69, 9.17) is 34.7 Å². The van der Waals surface area contributed by atoms with Gasteiger partial charge in [-0.1, -0.05) is 29.3 Å². The van der Waals surface area contributed by atoms with Gasteiger partial charge in [-0.05, 0) is 34.1 Å². The van der Waals surface area contributed by atoms with E-state index in [1.807, 2.05) is 0 Å². The van der Waals surface area contributed by atoms with Crippen LogP contribution in [0.15, 0.2) is 28.7 Å². The Bertz CT molecular complexity index is 649. The fourth-order valence-electron chi connectivity index (χ4n) is 1.53. The van der Waals surface area contributed by atoms with Crippen LogP contribution in [0.25, 0.3) is 0 Å². The van der Waals surface area contributed by atoms with E-state index in [0.717, 1.165) is 0 Å². The molecule has 0 spiro atoms. The molecule has 0 amide bonds. The second kappa shape index (κ2) is 5.45. The normalized spacial score (nSPS) is 10.5. The first-order valence-corrected chi connectivity index (χ1v) is 6.70. The van der Waals surface area contributed by atoms with Crippen LogP contribution in [0, 0.1) is 5.82 Å². The molecule has 0 saturated heterocycles. The number of hydrogen-bond acceptors (Lipinski definition) is 3. The Kier molecular flexibility index (Phi) is 4.08. The van der Waals surface area contributed by atoms with E-state index in [0.29, 0.717) is 15.2 Å². The van der Waals surface area contributed by atoms with E-state index in [1.165, 1.54) is 6.07 Å². The molecule has 0 radical (unpaired) electrons. The van der Waals surface area contributed by atoms with Gasteiger partial charge in [-0.15, -0.1) is 0 Å². The fourth-order valence-corrected chi connectivity index (χ4v) is 2.22. The van der Waals surface area contributed by atoms with Crippen LogP contribution in [0.5, 0.6) is 0 Å². The van der Waals surface area contributed by atoms with Crippen LogP contribution in [-0.4, -0.2) is 0 Å². The number of anilines is 4. The summed E-state index contributed by atoms with van der Waals surface area (Å²) in [4.78, 5) is 0. The Morgan fingerprint density at radius 2 is 1.84 bits per heavy atom. The summed E-state index contributed by atoms with van der Waals surface area (Å²) in [5.41, 5.74) is 12.1. The molecular weight excluding hydrogens is 356 g/mol. The first-order chi connectivity index (χ1) is 8.91. The minimum absolute atomic E-state index is 0.0576. The highest BCUT2D eigenvalue weighted by Gasteiger charge is 2.15. The summed E-state index contributed by atoms with van der Waals surface area (Å²) >= 11 is 15.0. The topological polar surface area (TPSA) is 64.1 Å². The van der Waals surface area contributed by atoms with Crippen molar-refractivity contribution in [2.45, 2.75) is 0 Å². The molecule has 0 atom stereocenters. The van der Waals surface area contributed by atoms with Crippen molar-refractivity contribution in [3.05, 3.63) is 44.6 Å². The highest BCUT2D eigenvalue weighted by Crippen LogP contribution is 2.38. The second-order valence-corrected chi connectivity index (χ2v) is 5.36. The third-order valence-corrected chi connectivity index (χ3v) is 4.26. The Morgan fingerprint density at radius 1 is 1.16 bits per heavy atom. The van der Waals surface area contributed by atoms with Gasteiger partial charge in [0.15, 0.2) is 5.82 Å². The molecular formula is C12H9BrCl2FN3. The molecule has 7 heteroatoms. The first-order valence-electron chi connectivity index (χ1n) is 5.15. The van der Waals surface area contributed by atoms with Crippen LogP contribution in [0.1, 0.15) is 0 Å². The number of hydrogen-bond donors (Lipinski definition) is 3. The van der Waals surface area contributed by atoms with Gasteiger partial charge in [0, 0.05) is 0 Å². The van der Waals surface area contributed by atoms with E-state index in [-0.39, 0.29) is 22.1 Å². The molecule has 3 nitrogen and oxygen atoms in total. The predicted octanol–water partition coefficient (Wildman–Crippen LogP) is 4.80. The lowest BCUT2D eigenvalue weighted by Gasteiger charge is -2.14. The van der Waals surface area contributed by atoms with Crippen LogP contribution in [0.4, 0.5) is 27.1 Å². The summed E-state index contributed by atoms with van der Waals surface area (Å²) in [7, 11) is 0. The molecule has 2 aromatic carbocycles. The number of benzene rings is 2. The van der Waals surface area contributed by atoms with Crippen molar-refractivity contribution in [1.82, 2.24) is 0 Å². The molecule has 5 N–H and O–H groups in total. The zero-order valence-corrected chi connectivity index (χ0v) is 12.6. The minimum Gasteiger partial charge on any atom is -0.397 e. The molecule has 2 rings (SSSR count). The van der Waals surface area contributed by atoms with E-state index >= 15 is 0 Å². The number of halogens is 4. The van der Waals surface area contributed by atoms with Gasteiger partial charge in [0.25, 0.3) is 0 Å². The van der Waals surface area contributed by atoms with Crippen LogP contribution < -0.4 is 16.8 Å². The molecule has 0 aromatic heterocycles. The maximum absolute atomic E-state index is 14.0. The van der Waals surface area contributed by atoms with Gasteiger partial charge in [-0.25, -0.2) is 4.39 Å². The van der Waals surface area contributed by atoms with Crippen molar-refractivity contribution < 1.29 is 4.39 Å². The molecule has 2 aromatic rings. The van der Waals surface area contributed by atoms with Crippen LogP contribution >= 0.6 is 39.1 Å². The smallest absolute Gasteiger partial charge is 0.169 e. The minimum atomic E-state index is -0.703. The maximum Gasteiger partial charge on any atom is 0.169 e. The van der Waals surface area contributed by atoms with E-state index < -0.39 is 5.82 Å². The Morgan fingerprint density at radius 3 is 2.53 bits per heavy atom. The average molecular weight is 365 g/mol. The van der Waals surface area contributed by atoms with Crippen LogP contribution in [0.2, 0.25) is 10.0 Å². The quantitative estimate of drug-likeness (QED) is 0.670. The summed E-state index contributed by atoms with van der Waals surface area (Å²) in [6, 6.07) is 6.54. The zero-order chi connectivity index (χ0) is 14.2. The summed E-state index contributed by atoms with van der Waals surface area (Å²) in [6.45, 7) is 0. The van der Waals surface area contributed by atoms with Gasteiger partial charge >= 0.3 is 0 Å². The van der Waals surface area contributed by atoms with Gasteiger partial charge in [0.1, 0.15) is 5.02 Å². The summed E-state index contributed by atoms with van der Waals surface area (Å²) < 4.78 is 14.6. The molecule has 19 heavy (non-hydrogen) atoms. The lowest BCUT2D eigenvalue weighted by atomic mass is 10.2. The first kappa shape index (κ1) is 14.2. The number of nitrogens with one attached hydrogen (secondary N) is 1. The Hall–Kier alpha value is -1.17. The largest absolute Gasteiger partial charge is 0.397 e. The molecule has 0 aliphatic rings. The number of rotatable bonds is 2. The summed E-state index contributed by atoms with van der Waals surface area (Å²) in [5.74, 6) is -0.703. The van der Waals surface area contributed by atoms with Crippen molar-refractivity contribution >= 4 is 61.9 Å². The average Bonchev–Trinajstić information content (AvgIpc) is 2.37. The Labute approximate surface area is 127 Å². The highest BCUT2D eigenvalue weighted by atomic mass is 79.9. The monoisotopic (exact) mass is 363 g/mol. The lowest BCUT2D eigenvalue weighted by molar-refractivity contribution is 0.633. The molecule has 0 aliphatic heterocycles. The SMILES string of the molecule is Nc1cc(N)c(Nc2cccc(Cl)c2Br)c(F)c1Cl. The standard InChI is InChI=1S/C12H9BrCl2FN3/c13-9-5(14)2-1-3-8(9)19-12-7(18)4-6(17)10(15)11(12)16/h1-4,19H,17-18H2. The van der Waals surface area contributed by atoms with Crippen LogP contribution in [-0.2, 0) is 0 Å². The molecule has 0 fully saturated rings. The number of nitrogen functional groups attached to an aromatic ring is 2. The van der Waals surface area contributed by atoms with Gasteiger partial charge in [0.2, 0.25) is 0 Å². The third kappa shape index (κ3) is 2.73. The second-order valence-electron chi connectivity index (χ2n) is 3.78. The van der Waals surface area contributed by atoms with Crippen molar-refractivity contribution in [2.75, 3.05) is 16.8 Å². The van der Waals surface area contributed by atoms with Gasteiger partial charge in [-0.2, -0.15) is 0 Å². The fraction of sp³-hybridized carbons (Fsp3) is 0. The van der Waals surface area contributed by atoms with Gasteiger partial charge in [0.05, 0.1) is 32.2 Å². The van der Waals surface area contributed by atoms with E-state index in [1.54, 1.807) is 18.2 Å². The van der Waals surface area contributed by atoms with E-state index in [2.05, 4.69) is 21.2 Å². The van der Waals surface area contributed by atoms with Crippen molar-refractivity contribution in [1.29, 1.82) is 0 Å². The highest BCUT2D eigenvalue weighted by molar-refractivity contribution is 9.10. The van der Waals surface area contributed by atoms with Gasteiger partial charge < -0.3 is 16.8 Å². The maximum atomic E-state index is 14.0. The van der Waals surface area contributed by atoms with Crippen molar-refractivity contribution in [3.63, 3.8) is 0 Å². The Balaban J connectivity index is 2.50. The molecule has 0 bridgehead atoms. The number of nitrogens with two attached hydrogens (primary N) is 2. The van der Waals surface area contributed by atoms with Crippen LogP contribution in [0.3, 0.4) is 0 Å². The summed E-state index contributed by atoms with van der Waals surface area (Å²) in [5, 5.41) is 3.17. The lowest BCUT2D eigenvalue weighted by Crippen LogP contribution is -2.03. The zero-order valence-electron chi connectivity index (χ0n) is 9.48. The molecule has 0 aliphatic carbocycles. The van der Waals surface area contributed by atoms with Gasteiger partial charge in [-0.3, -0.25) is 0 Å². The van der Waals surface area contributed by atoms with Crippen molar-refractivity contribution in [2.24, 2.45) is 0 Å². The molecule has 0 heterocycles. The molecule has 100 valence electrons. The summed E-state index contributed by atoms with van der Waals surface area (Å²) in [6.07, 6.45) is 0. The molecule has 0 saturated carbocycles. The predicted molar refractivity (Wildman–Crippen MR) is 82.7 cm³/mol. The molecule has 0 unspecified atom stereocenters. The van der Waals surface area contributed by atoms with E-state index in [9.17, 15) is 4.39 Å². The third-order valence-electron chi connectivity index (χ3n) is 2.48. The van der Waals surface area contributed by atoms with Crippen molar-refractivity contribution in [3.8, 4) is 0 Å².